The number of aromatic nitrogens is 1. The van der Waals surface area contributed by atoms with Crippen molar-refractivity contribution in [3.05, 3.63) is 47.7 Å². The van der Waals surface area contributed by atoms with Crippen LogP contribution in [0.5, 0.6) is 11.6 Å². The number of hydrogen-bond donors (Lipinski definition) is 0. The Morgan fingerprint density at radius 1 is 1.00 bits per heavy atom. The first-order valence-corrected chi connectivity index (χ1v) is 10.5. The third kappa shape index (κ3) is 3.90. The maximum Gasteiger partial charge on any atom is 0.227 e. The third-order valence-corrected chi connectivity index (χ3v) is 6.11. The van der Waals surface area contributed by atoms with Gasteiger partial charge in [-0.25, -0.2) is 4.98 Å². The van der Waals surface area contributed by atoms with Gasteiger partial charge in [-0.1, -0.05) is 6.07 Å². The van der Waals surface area contributed by atoms with E-state index in [1.807, 2.05) is 12.1 Å². The molecule has 1 amide bonds. The summed E-state index contributed by atoms with van der Waals surface area (Å²) in [5.74, 6) is 2.54. The van der Waals surface area contributed by atoms with E-state index < -0.39 is 0 Å². The van der Waals surface area contributed by atoms with E-state index in [1.165, 1.54) is 37.1 Å². The first kappa shape index (κ1) is 17.7. The van der Waals surface area contributed by atoms with Gasteiger partial charge in [-0.3, -0.25) is 4.79 Å². The second kappa shape index (κ2) is 7.55. The topological polar surface area (TPSA) is 45.7 Å². The van der Waals surface area contributed by atoms with Crippen molar-refractivity contribution in [2.45, 2.75) is 38.5 Å². The van der Waals surface area contributed by atoms with Crippen molar-refractivity contribution in [2.75, 3.05) is 31.1 Å². The van der Waals surface area contributed by atoms with Crippen molar-refractivity contribution < 1.29 is 9.53 Å². The molecule has 1 saturated heterocycles. The lowest BCUT2D eigenvalue weighted by Crippen LogP contribution is -2.28. The van der Waals surface area contributed by atoms with E-state index in [-0.39, 0.29) is 5.91 Å². The molecule has 1 aliphatic carbocycles. The number of ether oxygens (including phenoxy) is 1. The molecule has 0 spiro atoms. The third-order valence-electron chi connectivity index (χ3n) is 6.11. The maximum absolute atomic E-state index is 11.9. The van der Waals surface area contributed by atoms with Gasteiger partial charge in [-0.2, -0.15) is 0 Å². The van der Waals surface area contributed by atoms with E-state index in [4.69, 9.17) is 4.74 Å². The van der Waals surface area contributed by atoms with Gasteiger partial charge in [0, 0.05) is 38.7 Å². The van der Waals surface area contributed by atoms with Crippen molar-refractivity contribution in [1.29, 1.82) is 0 Å². The minimum atomic E-state index is 0.178. The minimum Gasteiger partial charge on any atom is -0.439 e. The summed E-state index contributed by atoms with van der Waals surface area (Å²) >= 11 is 0. The van der Waals surface area contributed by atoms with Crippen LogP contribution in [0.15, 0.2) is 36.5 Å². The summed E-state index contributed by atoms with van der Waals surface area (Å²) in [5, 5.41) is 0. The number of amides is 1. The molecule has 1 saturated carbocycles. The van der Waals surface area contributed by atoms with Gasteiger partial charge < -0.3 is 14.5 Å². The number of fused-ring (bicyclic) bond motifs is 1. The van der Waals surface area contributed by atoms with Crippen molar-refractivity contribution in [3.8, 4) is 11.6 Å². The van der Waals surface area contributed by atoms with Crippen LogP contribution in [-0.2, 0) is 17.6 Å². The molecule has 28 heavy (non-hydrogen) atoms. The second-order valence-electron chi connectivity index (χ2n) is 8.28. The van der Waals surface area contributed by atoms with E-state index in [9.17, 15) is 4.79 Å². The van der Waals surface area contributed by atoms with Crippen molar-refractivity contribution in [3.63, 3.8) is 0 Å². The van der Waals surface area contributed by atoms with Crippen LogP contribution in [0.1, 0.15) is 36.8 Å². The number of carbonyl (C=O) groups excluding carboxylic acids is 1. The molecule has 3 heterocycles. The summed E-state index contributed by atoms with van der Waals surface area (Å²) in [5.41, 5.74) is 3.70. The highest BCUT2D eigenvalue weighted by Gasteiger charge is 2.25. The highest BCUT2D eigenvalue weighted by molar-refractivity contribution is 5.95. The fourth-order valence-electron chi connectivity index (χ4n) is 4.29. The van der Waals surface area contributed by atoms with Crippen LogP contribution < -0.4 is 9.64 Å². The molecular weight excluding hydrogens is 350 g/mol. The van der Waals surface area contributed by atoms with Crippen LogP contribution in [0, 0.1) is 5.92 Å². The highest BCUT2D eigenvalue weighted by atomic mass is 16.5. The zero-order valence-corrected chi connectivity index (χ0v) is 16.3. The van der Waals surface area contributed by atoms with Crippen LogP contribution in [0.2, 0.25) is 0 Å². The predicted molar refractivity (Wildman–Crippen MR) is 109 cm³/mol. The Labute approximate surface area is 166 Å². The normalized spacial score (nSPS) is 20.1. The van der Waals surface area contributed by atoms with Crippen LogP contribution in [0.25, 0.3) is 0 Å². The molecule has 5 nitrogen and oxygen atoms in total. The maximum atomic E-state index is 11.9. The molecule has 0 unspecified atom stereocenters. The summed E-state index contributed by atoms with van der Waals surface area (Å²) in [4.78, 5) is 20.7. The zero-order valence-electron chi connectivity index (χ0n) is 16.3. The summed E-state index contributed by atoms with van der Waals surface area (Å²) in [6, 6.07) is 10.2. The molecule has 1 aromatic heterocycles. The molecule has 2 aliphatic heterocycles. The molecule has 3 aliphatic rings. The fourth-order valence-corrected chi connectivity index (χ4v) is 4.29. The average Bonchev–Trinajstić information content (AvgIpc) is 3.46. The molecule has 5 rings (SSSR count). The van der Waals surface area contributed by atoms with Gasteiger partial charge in [0.15, 0.2) is 0 Å². The lowest BCUT2D eigenvalue weighted by Gasteiger charge is -2.18. The van der Waals surface area contributed by atoms with Crippen LogP contribution >= 0.6 is 0 Å². The highest BCUT2D eigenvalue weighted by Crippen LogP contribution is 2.31. The Morgan fingerprint density at radius 2 is 1.86 bits per heavy atom. The Kier molecular flexibility index (Phi) is 4.77. The van der Waals surface area contributed by atoms with E-state index >= 15 is 0 Å². The Balaban J connectivity index is 1.25. The lowest BCUT2D eigenvalue weighted by atomic mass is 10.0. The number of pyridine rings is 1. The van der Waals surface area contributed by atoms with Crippen LogP contribution in [0.3, 0.4) is 0 Å². The molecule has 146 valence electrons. The molecule has 0 radical (unpaired) electrons. The molecule has 0 atom stereocenters. The van der Waals surface area contributed by atoms with E-state index in [0.29, 0.717) is 12.3 Å². The van der Waals surface area contributed by atoms with Gasteiger partial charge in [0.1, 0.15) is 5.75 Å². The van der Waals surface area contributed by atoms with Crippen LogP contribution in [0.4, 0.5) is 5.69 Å². The first-order valence-electron chi connectivity index (χ1n) is 10.5. The molecule has 0 bridgehead atoms. The van der Waals surface area contributed by atoms with E-state index in [0.717, 1.165) is 49.7 Å². The molecule has 0 N–H and O–H groups in total. The largest absolute Gasteiger partial charge is 0.439 e. The number of benzene rings is 1. The summed E-state index contributed by atoms with van der Waals surface area (Å²) in [6.07, 6.45) is 8.33. The Bertz CT molecular complexity index is 861. The fraction of sp³-hybridized carbons (Fsp3) is 0.478. The molecule has 5 heteroatoms. The predicted octanol–water partition coefficient (Wildman–Crippen LogP) is 3.81. The number of rotatable bonds is 5. The summed E-state index contributed by atoms with van der Waals surface area (Å²) in [7, 11) is 0. The number of nitrogens with zero attached hydrogens (tertiary/aromatic N) is 3. The standard InChI is InChI=1S/C23H27N3O2/c27-23-2-1-11-26(23)20-6-8-22(24-15-20)28-21-7-5-18-9-12-25(16-17-3-4-17)13-10-19(18)14-21/h5-8,14-15,17H,1-4,9-13,16H2. The van der Waals surface area contributed by atoms with Gasteiger partial charge in [-0.05, 0) is 67.3 Å². The Morgan fingerprint density at radius 3 is 2.57 bits per heavy atom. The van der Waals surface area contributed by atoms with Crippen LogP contribution in [-0.4, -0.2) is 42.0 Å². The van der Waals surface area contributed by atoms with Crippen molar-refractivity contribution in [2.24, 2.45) is 5.92 Å². The number of carbonyl (C=O) groups is 1. The van der Waals surface area contributed by atoms with Crippen molar-refractivity contribution in [1.82, 2.24) is 9.88 Å². The molecule has 2 fully saturated rings. The lowest BCUT2D eigenvalue weighted by molar-refractivity contribution is -0.117. The Hall–Kier alpha value is -2.40. The number of anilines is 1. The SMILES string of the molecule is O=C1CCCN1c1ccc(Oc2ccc3c(c2)CCN(CC2CC2)CC3)nc1. The molecule has 1 aromatic carbocycles. The smallest absolute Gasteiger partial charge is 0.227 e. The van der Waals surface area contributed by atoms with Gasteiger partial charge in [0.05, 0.1) is 11.9 Å². The quantitative estimate of drug-likeness (QED) is 0.795. The monoisotopic (exact) mass is 377 g/mol. The van der Waals surface area contributed by atoms with Crippen molar-refractivity contribution >= 4 is 11.6 Å². The summed E-state index contributed by atoms with van der Waals surface area (Å²) < 4.78 is 6.00. The zero-order chi connectivity index (χ0) is 18.9. The average molecular weight is 377 g/mol. The van der Waals surface area contributed by atoms with E-state index in [2.05, 4.69) is 28.1 Å². The first-order chi connectivity index (χ1) is 13.7. The molecule has 2 aromatic rings. The number of hydrogen-bond acceptors (Lipinski definition) is 4. The van der Waals surface area contributed by atoms with Gasteiger partial charge in [-0.15, -0.1) is 0 Å². The molecular formula is C23H27N3O2. The van der Waals surface area contributed by atoms with Gasteiger partial charge >= 0.3 is 0 Å². The summed E-state index contributed by atoms with van der Waals surface area (Å²) in [6.45, 7) is 4.36. The van der Waals surface area contributed by atoms with Gasteiger partial charge in [0.2, 0.25) is 11.8 Å². The van der Waals surface area contributed by atoms with E-state index in [1.54, 1.807) is 11.1 Å². The minimum absolute atomic E-state index is 0.178. The van der Waals surface area contributed by atoms with Gasteiger partial charge in [0.25, 0.3) is 0 Å². The second-order valence-corrected chi connectivity index (χ2v) is 8.28.